The van der Waals surface area contributed by atoms with Crippen LogP contribution in [0.5, 0.6) is 5.75 Å². The maximum Gasteiger partial charge on any atom is 0.343 e. The number of rotatable bonds is 3. The van der Waals surface area contributed by atoms with Crippen molar-refractivity contribution < 1.29 is 14.3 Å². The second kappa shape index (κ2) is 7.07. The predicted octanol–water partition coefficient (Wildman–Crippen LogP) is 3.42. The van der Waals surface area contributed by atoms with Crippen LogP contribution in [0.4, 0.5) is 0 Å². The molecule has 25 heavy (non-hydrogen) atoms. The zero-order valence-corrected chi connectivity index (χ0v) is 15.3. The third-order valence-electron chi connectivity index (χ3n) is 4.04. The van der Waals surface area contributed by atoms with Crippen molar-refractivity contribution in [1.82, 2.24) is 5.43 Å². The van der Waals surface area contributed by atoms with Crippen LogP contribution in [0.15, 0.2) is 36.4 Å². The fourth-order valence-corrected chi connectivity index (χ4v) is 2.58. The summed E-state index contributed by atoms with van der Waals surface area (Å²) in [5.74, 6) is 4.80. The fraction of sp³-hybridized carbons (Fsp3) is 0.300. The van der Waals surface area contributed by atoms with E-state index in [2.05, 4.69) is 26.2 Å². The van der Waals surface area contributed by atoms with E-state index in [-0.39, 0.29) is 11.3 Å². The lowest BCUT2D eigenvalue weighted by atomic mass is 9.87. The lowest BCUT2D eigenvalue weighted by Gasteiger charge is -2.19. The van der Waals surface area contributed by atoms with Gasteiger partial charge in [-0.1, -0.05) is 32.9 Å². The van der Waals surface area contributed by atoms with Crippen molar-refractivity contribution in [2.45, 2.75) is 40.0 Å². The van der Waals surface area contributed by atoms with E-state index in [0.29, 0.717) is 28.0 Å². The topological polar surface area (TPSA) is 81.4 Å². The molecule has 0 unspecified atom stereocenters. The smallest absolute Gasteiger partial charge is 0.343 e. The van der Waals surface area contributed by atoms with E-state index in [4.69, 9.17) is 10.6 Å². The van der Waals surface area contributed by atoms with Crippen LogP contribution < -0.4 is 16.0 Å². The first-order valence-electron chi connectivity index (χ1n) is 8.08. The van der Waals surface area contributed by atoms with Crippen molar-refractivity contribution >= 4 is 11.9 Å². The van der Waals surface area contributed by atoms with Gasteiger partial charge in [-0.25, -0.2) is 10.6 Å². The number of carbonyl (C=O) groups excluding carboxylic acids is 2. The fourth-order valence-electron chi connectivity index (χ4n) is 2.58. The third-order valence-corrected chi connectivity index (χ3v) is 4.04. The first kappa shape index (κ1) is 18.7. The van der Waals surface area contributed by atoms with Gasteiger partial charge in [0, 0.05) is 5.56 Å². The summed E-state index contributed by atoms with van der Waals surface area (Å²) in [6.07, 6.45) is 0. The lowest BCUT2D eigenvalue weighted by Crippen LogP contribution is -2.30. The Kier molecular flexibility index (Phi) is 5.28. The van der Waals surface area contributed by atoms with E-state index >= 15 is 0 Å². The molecule has 5 heteroatoms. The van der Waals surface area contributed by atoms with Gasteiger partial charge in [0.05, 0.1) is 5.56 Å². The summed E-state index contributed by atoms with van der Waals surface area (Å²) >= 11 is 0. The SMILES string of the molecule is Cc1cc(C(=O)NN)cc(C)c1OC(=O)c1ccc(C(C)(C)C)cc1. The molecule has 0 bridgehead atoms. The number of aryl methyl sites for hydroxylation is 2. The number of hydrogen-bond acceptors (Lipinski definition) is 4. The highest BCUT2D eigenvalue weighted by Crippen LogP contribution is 2.27. The maximum absolute atomic E-state index is 12.4. The number of nitrogens with one attached hydrogen (secondary N) is 1. The quantitative estimate of drug-likeness (QED) is 0.295. The number of hydrazine groups is 1. The van der Waals surface area contributed by atoms with E-state index in [1.807, 2.05) is 12.1 Å². The molecule has 0 spiro atoms. The summed E-state index contributed by atoms with van der Waals surface area (Å²) in [4.78, 5) is 24.1. The molecule has 5 nitrogen and oxygen atoms in total. The minimum Gasteiger partial charge on any atom is -0.422 e. The molecule has 132 valence electrons. The van der Waals surface area contributed by atoms with E-state index in [0.717, 1.165) is 5.56 Å². The van der Waals surface area contributed by atoms with Gasteiger partial charge in [0.1, 0.15) is 5.75 Å². The molecule has 0 aromatic heterocycles. The summed E-state index contributed by atoms with van der Waals surface area (Å²) in [5.41, 5.74) is 5.55. The first-order chi connectivity index (χ1) is 11.6. The number of hydrogen-bond donors (Lipinski definition) is 2. The molecular weight excluding hydrogens is 316 g/mol. The van der Waals surface area contributed by atoms with Gasteiger partial charge in [-0.2, -0.15) is 0 Å². The van der Waals surface area contributed by atoms with Crippen LogP contribution in [-0.4, -0.2) is 11.9 Å². The van der Waals surface area contributed by atoms with Crippen LogP contribution in [0, 0.1) is 13.8 Å². The zero-order chi connectivity index (χ0) is 18.8. The van der Waals surface area contributed by atoms with E-state index in [1.165, 1.54) is 0 Å². The number of nitrogen functional groups attached to an aromatic ring is 1. The monoisotopic (exact) mass is 340 g/mol. The van der Waals surface area contributed by atoms with Gasteiger partial charge in [-0.15, -0.1) is 0 Å². The van der Waals surface area contributed by atoms with Gasteiger partial charge >= 0.3 is 5.97 Å². The Morgan fingerprint density at radius 1 is 0.960 bits per heavy atom. The van der Waals surface area contributed by atoms with Crippen molar-refractivity contribution in [3.05, 3.63) is 64.2 Å². The second-order valence-electron chi connectivity index (χ2n) is 7.13. The molecule has 0 heterocycles. The van der Waals surface area contributed by atoms with Gasteiger partial charge in [0.2, 0.25) is 0 Å². The summed E-state index contributed by atoms with van der Waals surface area (Å²) in [6, 6.07) is 10.7. The summed E-state index contributed by atoms with van der Waals surface area (Å²) in [6.45, 7) is 9.92. The zero-order valence-electron chi connectivity index (χ0n) is 15.3. The van der Waals surface area contributed by atoms with Crippen molar-refractivity contribution in [1.29, 1.82) is 0 Å². The standard InChI is InChI=1S/C20H24N2O3/c1-12-10-15(18(23)22-21)11-13(2)17(12)25-19(24)14-6-8-16(9-7-14)20(3,4)5/h6-11H,21H2,1-5H3,(H,22,23). The normalized spacial score (nSPS) is 11.1. The third kappa shape index (κ3) is 4.25. The average Bonchev–Trinajstić information content (AvgIpc) is 2.56. The van der Waals surface area contributed by atoms with Gasteiger partial charge in [0.15, 0.2) is 0 Å². The molecule has 3 N–H and O–H groups in total. The van der Waals surface area contributed by atoms with Crippen LogP contribution in [0.3, 0.4) is 0 Å². The first-order valence-corrected chi connectivity index (χ1v) is 8.08. The van der Waals surface area contributed by atoms with Crippen molar-refractivity contribution in [3.63, 3.8) is 0 Å². The predicted molar refractivity (Wildman–Crippen MR) is 97.7 cm³/mol. The number of amides is 1. The van der Waals surface area contributed by atoms with Gasteiger partial charge in [0.25, 0.3) is 5.91 Å². The van der Waals surface area contributed by atoms with Crippen LogP contribution in [0.25, 0.3) is 0 Å². The minimum atomic E-state index is -0.428. The van der Waals surface area contributed by atoms with Gasteiger partial charge in [-0.05, 0) is 60.2 Å². The molecule has 0 saturated carbocycles. The summed E-state index contributed by atoms with van der Waals surface area (Å²) in [7, 11) is 0. The van der Waals surface area contributed by atoms with E-state index in [1.54, 1.807) is 38.1 Å². The van der Waals surface area contributed by atoms with E-state index in [9.17, 15) is 9.59 Å². The molecule has 0 atom stereocenters. The Hall–Kier alpha value is -2.66. The van der Waals surface area contributed by atoms with Crippen molar-refractivity contribution in [3.8, 4) is 5.75 Å². The molecule has 0 aliphatic rings. The largest absolute Gasteiger partial charge is 0.422 e. The number of esters is 1. The van der Waals surface area contributed by atoms with Crippen molar-refractivity contribution in [2.75, 3.05) is 0 Å². The molecule has 0 saturated heterocycles. The van der Waals surface area contributed by atoms with Crippen LogP contribution in [0.2, 0.25) is 0 Å². The highest BCUT2D eigenvalue weighted by atomic mass is 16.5. The van der Waals surface area contributed by atoms with Crippen LogP contribution in [0.1, 0.15) is 58.2 Å². The Morgan fingerprint density at radius 3 is 1.92 bits per heavy atom. The molecule has 2 aromatic carbocycles. The van der Waals surface area contributed by atoms with Gasteiger partial charge < -0.3 is 4.74 Å². The van der Waals surface area contributed by atoms with Gasteiger partial charge in [-0.3, -0.25) is 10.2 Å². The maximum atomic E-state index is 12.4. The van der Waals surface area contributed by atoms with Crippen LogP contribution in [-0.2, 0) is 5.41 Å². The number of nitrogens with two attached hydrogens (primary N) is 1. The molecule has 0 radical (unpaired) electrons. The van der Waals surface area contributed by atoms with Crippen molar-refractivity contribution in [2.24, 2.45) is 5.84 Å². The molecular formula is C20H24N2O3. The van der Waals surface area contributed by atoms with Crippen LogP contribution >= 0.6 is 0 Å². The minimum absolute atomic E-state index is 0.0228. The molecule has 0 aliphatic heterocycles. The number of benzene rings is 2. The summed E-state index contributed by atoms with van der Waals surface area (Å²) in [5, 5.41) is 0. The molecule has 2 rings (SSSR count). The molecule has 1 amide bonds. The molecule has 0 aliphatic carbocycles. The average molecular weight is 340 g/mol. The highest BCUT2D eigenvalue weighted by Gasteiger charge is 2.17. The second-order valence-corrected chi connectivity index (χ2v) is 7.13. The molecule has 0 fully saturated rings. The lowest BCUT2D eigenvalue weighted by molar-refractivity contribution is 0.0732. The number of ether oxygens (including phenoxy) is 1. The molecule has 2 aromatic rings. The van der Waals surface area contributed by atoms with E-state index < -0.39 is 5.97 Å². The highest BCUT2D eigenvalue weighted by molar-refractivity contribution is 5.95. The Morgan fingerprint density at radius 2 is 1.48 bits per heavy atom. The summed E-state index contributed by atoms with van der Waals surface area (Å²) < 4.78 is 5.55. The Balaban J connectivity index is 2.25. The number of carbonyl (C=O) groups is 2. The Bertz CT molecular complexity index is 780. The Labute approximate surface area is 148 Å².